The van der Waals surface area contributed by atoms with Crippen molar-refractivity contribution in [2.24, 2.45) is 5.73 Å². The van der Waals surface area contributed by atoms with E-state index in [1.54, 1.807) is 0 Å². The zero-order chi connectivity index (χ0) is 12.0. The van der Waals surface area contributed by atoms with Crippen molar-refractivity contribution in [1.29, 1.82) is 0 Å². The van der Waals surface area contributed by atoms with Crippen LogP contribution in [-0.2, 0) is 6.42 Å². The fraction of sp³-hybridized carbons (Fsp3) is 0.571. The predicted octanol–water partition coefficient (Wildman–Crippen LogP) is 4.10. The van der Waals surface area contributed by atoms with E-state index in [9.17, 15) is 0 Å². The van der Waals surface area contributed by atoms with E-state index in [0.29, 0.717) is 6.04 Å². The van der Waals surface area contributed by atoms with E-state index < -0.39 is 0 Å². The summed E-state index contributed by atoms with van der Waals surface area (Å²) >= 11 is 5.99. The lowest BCUT2D eigenvalue weighted by Gasteiger charge is -2.10. The van der Waals surface area contributed by atoms with E-state index >= 15 is 0 Å². The molecule has 1 rings (SSSR count). The molecule has 16 heavy (non-hydrogen) atoms. The van der Waals surface area contributed by atoms with Crippen molar-refractivity contribution in [2.45, 2.75) is 52.0 Å². The standard InChI is InChI=1S/C14H22ClN/c1-3-5-13(16)7-4-6-12-8-9-14(15)11(2)10-12/h8-10,13H,3-7,16H2,1-2H3. The molecule has 1 atom stereocenters. The molecular weight excluding hydrogens is 218 g/mol. The van der Waals surface area contributed by atoms with E-state index in [-0.39, 0.29) is 0 Å². The molecule has 0 saturated heterocycles. The highest BCUT2D eigenvalue weighted by Gasteiger charge is 2.02. The Morgan fingerprint density at radius 2 is 2.06 bits per heavy atom. The first-order valence-corrected chi connectivity index (χ1v) is 6.52. The summed E-state index contributed by atoms with van der Waals surface area (Å²) < 4.78 is 0. The van der Waals surface area contributed by atoms with Crippen LogP contribution in [0.15, 0.2) is 18.2 Å². The number of halogens is 1. The molecule has 0 aliphatic heterocycles. The van der Waals surface area contributed by atoms with Crippen molar-refractivity contribution in [1.82, 2.24) is 0 Å². The summed E-state index contributed by atoms with van der Waals surface area (Å²) in [5, 5.41) is 0.853. The van der Waals surface area contributed by atoms with Crippen LogP contribution in [0.5, 0.6) is 0 Å². The summed E-state index contributed by atoms with van der Waals surface area (Å²) in [6.07, 6.45) is 5.72. The third-order valence-corrected chi connectivity index (χ3v) is 3.35. The van der Waals surface area contributed by atoms with Gasteiger partial charge in [-0.1, -0.05) is 37.1 Å². The number of aryl methyl sites for hydroxylation is 2. The number of benzene rings is 1. The third-order valence-electron chi connectivity index (χ3n) is 2.92. The lowest BCUT2D eigenvalue weighted by Crippen LogP contribution is -2.19. The second-order valence-corrected chi connectivity index (χ2v) is 4.93. The van der Waals surface area contributed by atoms with Gasteiger partial charge in [0.1, 0.15) is 0 Å². The van der Waals surface area contributed by atoms with Crippen molar-refractivity contribution in [2.75, 3.05) is 0 Å². The molecule has 0 amide bonds. The molecule has 0 saturated carbocycles. The highest BCUT2D eigenvalue weighted by Crippen LogP contribution is 2.17. The average molecular weight is 240 g/mol. The molecule has 0 radical (unpaired) electrons. The molecule has 0 aliphatic rings. The SMILES string of the molecule is CCCC(N)CCCc1ccc(Cl)c(C)c1. The minimum Gasteiger partial charge on any atom is -0.328 e. The molecular formula is C14H22ClN. The summed E-state index contributed by atoms with van der Waals surface area (Å²) in [5.41, 5.74) is 8.51. The molecule has 2 N–H and O–H groups in total. The first-order valence-electron chi connectivity index (χ1n) is 6.14. The lowest BCUT2D eigenvalue weighted by atomic mass is 10.0. The molecule has 1 nitrogen and oxygen atoms in total. The van der Waals surface area contributed by atoms with E-state index in [2.05, 4.69) is 26.0 Å². The Labute approximate surface area is 104 Å². The number of nitrogens with two attached hydrogens (primary N) is 1. The Hall–Kier alpha value is -0.530. The zero-order valence-electron chi connectivity index (χ0n) is 10.3. The van der Waals surface area contributed by atoms with Crippen LogP contribution in [0.25, 0.3) is 0 Å². The van der Waals surface area contributed by atoms with Gasteiger partial charge in [0.15, 0.2) is 0 Å². The van der Waals surface area contributed by atoms with Crippen LogP contribution >= 0.6 is 11.6 Å². The predicted molar refractivity (Wildman–Crippen MR) is 72.0 cm³/mol. The van der Waals surface area contributed by atoms with Gasteiger partial charge in [-0.2, -0.15) is 0 Å². The monoisotopic (exact) mass is 239 g/mol. The van der Waals surface area contributed by atoms with Gasteiger partial charge in [-0.15, -0.1) is 0 Å². The summed E-state index contributed by atoms with van der Waals surface area (Å²) in [7, 11) is 0. The largest absolute Gasteiger partial charge is 0.328 e. The second kappa shape index (κ2) is 6.93. The van der Waals surface area contributed by atoms with Crippen LogP contribution in [0.1, 0.15) is 43.7 Å². The molecule has 1 aromatic rings. The van der Waals surface area contributed by atoms with Gasteiger partial charge in [0.05, 0.1) is 0 Å². The molecule has 0 heterocycles. The van der Waals surface area contributed by atoms with Gasteiger partial charge in [0, 0.05) is 11.1 Å². The first kappa shape index (κ1) is 13.5. The van der Waals surface area contributed by atoms with Crippen LogP contribution in [0, 0.1) is 6.92 Å². The second-order valence-electron chi connectivity index (χ2n) is 4.52. The van der Waals surface area contributed by atoms with Gasteiger partial charge in [0.25, 0.3) is 0 Å². The molecule has 0 aliphatic carbocycles. The van der Waals surface area contributed by atoms with Gasteiger partial charge >= 0.3 is 0 Å². The highest BCUT2D eigenvalue weighted by atomic mass is 35.5. The Kier molecular flexibility index (Phi) is 5.86. The minimum absolute atomic E-state index is 0.374. The minimum atomic E-state index is 0.374. The Morgan fingerprint density at radius 3 is 2.69 bits per heavy atom. The summed E-state index contributed by atoms with van der Waals surface area (Å²) in [5.74, 6) is 0. The van der Waals surface area contributed by atoms with E-state index in [1.807, 2.05) is 6.07 Å². The third kappa shape index (κ3) is 4.54. The highest BCUT2D eigenvalue weighted by molar-refractivity contribution is 6.31. The smallest absolute Gasteiger partial charge is 0.0435 e. The molecule has 1 unspecified atom stereocenters. The number of hydrogen-bond donors (Lipinski definition) is 1. The van der Waals surface area contributed by atoms with Gasteiger partial charge in [-0.3, -0.25) is 0 Å². The molecule has 2 heteroatoms. The van der Waals surface area contributed by atoms with Crippen LogP contribution in [0.3, 0.4) is 0 Å². The van der Waals surface area contributed by atoms with Crippen LogP contribution in [-0.4, -0.2) is 6.04 Å². The van der Waals surface area contributed by atoms with Crippen molar-refractivity contribution in [3.63, 3.8) is 0 Å². The van der Waals surface area contributed by atoms with E-state index in [1.165, 1.54) is 18.4 Å². The van der Waals surface area contributed by atoms with Crippen molar-refractivity contribution in [3.05, 3.63) is 34.3 Å². The van der Waals surface area contributed by atoms with Gasteiger partial charge in [-0.05, 0) is 49.8 Å². The summed E-state index contributed by atoms with van der Waals surface area (Å²) in [6.45, 7) is 4.23. The van der Waals surface area contributed by atoms with Crippen molar-refractivity contribution < 1.29 is 0 Å². The maximum absolute atomic E-state index is 5.99. The molecule has 0 bridgehead atoms. The van der Waals surface area contributed by atoms with Crippen molar-refractivity contribution in [3.8, 4) is 0 Å². The molecule has 90 valence electrons. The Balaban J connectivity index is 2.34. The fourth-order valence-electron chi connectivity index (χ4n) is 1.95. The fourth-order valence-corrected chi connectivity index (χ4v) is 2.06. The van der Waals surface area contributed by atoms with Gasteiger partial charge in [-0.25, -0.2) is 0 Å². The average Bonchev–Trinajstić information content (AvgIpc) is 2.24. The van der Waals surface area contributed by atoms with Gasteiger partial charge in [0.2, 0.25) is 0 Å². The first-order chi connectivity index (χ1) is 7.63. The molecule has 1 aromatic carbocycles. The molecule has 0 fully saturated rings. The molecule has 0 aromatic heterocycles. The maximum Gasteiger partial charge on any atom is 0.0435 e. The normalized spacial score (nSPS) is 12.8. The summed E-state index contributed by atoms with van der Waals surface area (Å²) in [6, 6.07) is 6.64. The Morgan fingerprint density at radius 1 is 1.31 bits per heavy atom. The van der Waals surface area contributed by atoms with Crippen molar-refractivity contribution >= 4 is 11.6 Å². The van der Waals surface area contributed by atoms with E-state index in [4.69, 9.17) is 17.3 Å². The van der Waals surface area contributed by atoms with Gasteiger partial charge < -0.3 is 5.73 Å². The quantitative estimate of drug-likeness (QED) is 0.795. The Bertz CT molecular complexity index is 323. The maximum atomic E-state index is 5.99. The van der Waals surface area contributed by atoms with Crippen LogP contribution in [0.2, 0.25) is 5.02 Å². The summed E-state index contributed by atoms with van der Waals surface area (Å²) in [4.78, 5) is 0. The van der Waals surface area contributed by atoms with Crippen LogP contribution in [0.4, 0.5) is 0 Å². The number of hydrogen-bond acceptors (Lipinski definition) is 1. The molecule has 0 spiro atoms. The number of rotatable bonds is 6. The zero-order valence-corrected chi connectivity index (χ0v) is 11.1. The van der Waals surface area contributed by atoms with E-state index in [0.717, 1.165) is 29.8 Å². The van der Waals surface area contributed by atoms with Crippen LogP contribution < -0.4 is 5.73 Å². The lowest BCUT2D eigenvalue weighted by molar-refractivity contribution is 0.539. The topological polar surface area (TPSA) is 26.0 Å².